The highest BCUT2D eigenvalue weighted by atomic mass is 31.1. The number of hydrogen-bond acceptors (Lipinski definition) is 2. The fourth-order valence-corrected chi connectivity index (χ4v) is 1.17. The van der Waals surface area contributed by atoms with Crippen molar-refractivity contribution in [3.63, 3.8) is 0 Å². The van der Waals surface area contributed by atoms with Gasteiger partial charge < -0.3 is 9.53 Å². The third-order valence-corrected chi connectivity index (χ3v) is 2.25. The highest BCUT2D eigenvalue weighted by Gasteiger charge is 2.09. The molecule has 0 fully saturated rings. The van der Waals surface area contributed by atoms with Crippen molar-refractivity contribution in [1.82, 2.24) is 0 Å². The van der Waals surface area contributed by atoms with Crippen molar-refractivity contribution >= 4 is 14.2 Å². The second-order valence-corrected chi connectivity index (χ2v) is 4.38. The molecule has 2 nitrogen and oxygen atoms in total. The van der Waals surface area contributed by atoms with Gasteiger partial charge in [0.1, 0.15) is 5.85 Å². The number of ether oxygens (including phenoxy) is 1. The number of carbonyl (C=O) groups excluding carboxylic acids is 1. The molecule has 0 bridgehead atoms. The van der Waals surface area contributed by atoms with Crippen LogP contribution in [0.4, 0.5) is 0 Å². The van der Waals surface area contributed by atoms with E-state index in [1.54, 1.807) is 0 Å². The smallest absolute Gasteiger partial charge is 0.153 e. The van der Waals surface area contributed by atoms with Crippen LogP contribution in [-0.4, -0.2) is 32.1 Å². The van der Waals surface area contributed by atoms with Crippen molar-refractivity contribution in [3.05, 3.63) is 0 Å². The molecule has 3 heteroatoms. The van der Waals surface area contributed by atoms with Gasteiger partial charge in [0.2, 0.25) is 0 Å². The summed E-state index contributed by atoms with van der Waals surface area (Å²) in [6.07, 6.45) is 0.884. The lowest BCUT2D eigenvalue weighted by Gasteiger charge is -2.13. The molecule has 0 aromatic rings. The number of aldehydes is 1. The molecule has 0 aliphatic heterocycles. The van der Waals surface area contributed by atoms with Gasteiger partial charge >= 0.3 is 0 Å². The molecule has 54 valence electrons. The lowest BCUT2D eigenvalue weighted by molar-refractivity contribution is -0.113. The first-order valence-electron chi connectivity index (χ1n) is 2.95. The molecule has 0 saturated heterocycles. The minimum absolute atomic E-state index is 0.148. The first kappa shape index (κ1) is 9.06. The van der Waals surface area contributed by atoms with E-state index in [1.807, 2.05) is 20.3 Å². The Morgan fingerprint density at radius 2 is 2.22 bits per heavy atom. The maximum absolute atomic E-state index is 10.2. The van der Waals surface area contributed by atoms with Crippen molar-refractivity contribution in [2.24, 2.45) is 0 Å². The normalized spacial score (nSPS) is 13.8. The predicted molar refractivity (Wildman–Crippen MR) is 40.2 cm³/mol. The summed E-state index contributed by atoms with van der Waals surface area (Å²) in [6, 6.07) is 0. The van der Waals surface area contributed by atoms with Crippen molar-refractivity contribution in [2.45, 2.75) is 12.8 Å². The first-order valence-corrected chi connectivity index (χ1v) is 5.26. The van der Waals surface area contributed by atoms with Gasteiger partial charge in [0.05, 0.1) is 0 Å². The summed E-state index contributed by atoms with van der Waals surface area (Å²) in [5.74, 6) is -0.148. The van der Waals surface area contributed by atoms with Crippen LogP contribution in [0, 0.1) is 0 Å². The molecule has 0 rings (SSSR count). The summed E-state index contributed by atoms with van der Waals surface area (Å²) in [4.78, 5) is 10.2. The molecule has 0 aliphatic rings. The molecule has 0 N–H and O–H groups in total. The summed E-state index contributed by atoms with van der Waals surface area (Å²) in [6.45, 7) is 6.59. The molecule has 0 aliphatic carbocycles. The zero-order valence-corrected chi connectivity index (χ0v) is 7.02. The Bertz CT molecular complexity index is 83.1. The molecule has 0 amide bonds. The van der Waals surface area contributed by atoms with Gasteiger partial charge in [-0.3, -0.25) is 0 Å². The number of carbonyl (C=O) groups is 1. The minimum Gasteiger partial charge on any atom is -0.367 e. The molecule has 0 saturated carbocycles. The van der Waals surface area contributed by atoms with E-state index in [0.717, 1.165) is 6.29 Å². The molecule has 1 unspecified atom stereocenters. The highest BCUT2D eigenvalue weighted by molar-refractivity contribution is 7.57. The molecule has 0 aromatic heterocycles. The minimum atomic E-state index is -0.260. The zero-order chi connectivity index (χ0) is 7.28. The van der Waals surface area contributed by atoms with Crippen molar-refractivity contribution in [3.8, 4) is 0 Å². The Balaban J connectivity index is 3.54. The summed E-state index contributed by atoms with van der Waals surface area (Å²) in [5, 5.41) is 0. The van der Waals surface area contributed by atoms with Crippen LogP contribution < -0.4 is 0 Å². The standard InChI is InChI=1S/C6H13O2P/c1-4-8-6(5-7)9(2)3/h5-6H,4H2,1-3H3. The average molecular weight is 148 g/mol. The summed E-state index contributed by atoms with van der Waals surface area (Å²) < 4.78 is 5.11. The molecular weight excluding hydrogens is 135 g/mol. The van der Waals surface area contributed by atoms with Gasteiger partial charge in [-0.25, -0.2) is 0 Å². The third kappa shape index (κ3) is 3.61. The van der Waals surface area contributed by atoms with Crippen LogP contribution in [0.3, 0.4) is 0 Å². The fraction of sp³-hybridized carbons (Fsp3) is 0.833. The highest BCUT2D eigenvalue weighted by Crippen LogP contribution is 2.31. The lowest BCUT2D eigenvalue weighted by atomic mass is 10.8. The van der Waals surface area contributed by atoms with E-state index < -0.39 is 0 Å². The molecule has 0 heterocycles. The number of hydrogen-bond donors (Lipinski definition) is 0. The first-order chi connectivity index (χ1) is 4.22. The van der Waals surface area contributed by atoms with Gasteiger partial charge in [-0.1, -0.05) is 7.92 Å². The van der Waals surface area contributed by atoms with Crippen molar-refractivity contribution in [2.75, 3.05) is 19.9 Å². The Morgan fingerprint density at radius 1 is 1.67 bits per heavy atom. The topological polar surface area (TPSA) is 26.3 Å². The largest absolute Gasteiger partial charge is 0.367 e. The van der Waals surface area contributed by atoms with Crippen LogP contribution >= 0.6 is 7.92 Å². The van der Waals surface area contributed by atoms with Gasteiger partial charge in [0, 0.05) is 6.61 Å². The average Bonchev–Trinajstić information content (AvgIpc) is 1.82. The van der Waals surface area contributed by atoms with E-state index in [0.29, 0.717) is 6.61 Å². The molecule has 1 atom stereocenters. The van der Waals surface area contributed by atoms with Crippen LogP contribution in [-0.2, 0) is 9.53 Å². The second kappa shape index (κ2) is 4.89. The third-order valence-electron chi connectivity index (χ3n) is 0.963. The fourth-order valence-electron chi connectivity index (χ4n) is 0.481. The number of rotatable bonds is 4. The van der Waals surface area contributed by atoms with E-state index >= 15 is 0 Å². The van der Waals surface area contributed by atoms with E-state index in [-0.39, 0.29) is 13.8 Å². The molecule has 9 heavy (non-hydrogen) atoms. The van der Waals surface area contributed by atoms with Crippen LogP contribution in [0.5, 0.6) is 0 Å². The molecular formula is C6H13O2P. The van der Waals surface area contributed by atoms with Gasteiger partial charge in [-0.15, -0.1) is 0 Å². The summed E-state index contributed by atoms with van der Waals surface area (Å²) in [5.41, 5.74) is 0. The Labute approximate surface area is 57.3 Å². The predicted octanol–water partition coefficient (Wildman–Crippen LogP) is 1.29. The Kier molecular flexibility index (Phi) is 4.93. The second-order valence-electron chi connectivity index (χ2n) is 1.95. The quantitative estimate of drug-likeness (QED) is 0.443. The Morgan fingerprint density at radius 3 is 2.33 bits per heavy atom. The monoisotopic (exact) mass is 148 g/mol. The summed E-state index contributed by atoms with van der Waals surface area (Å²) >= 11 is 0. The lowest BCUT2D eigenvalue weighted by Crippen LogP contribution is -2.10. The van der Waals surface area contributed by atoms with E-state index in [9.17, 15) is 4.79 Å². The maximum atomic E-state index is 10.2. The van der Waals surface area contributed by atoms with Gasteiger partial charge in [0.25, 0.3) is 0 Å². The van der Waals surface area contributed by atoms with Crippen LogP contribution in [0.15, 0.2) is 0 Å². The van der Waals surface area contributed by atoms with Gasteiger partial charge in [-0.2, -0.15) is 0 Å². The molecule has 0 radical (unpaired) electrons. The van der Waals surface area contributed by atoms with Crippen molar-refractivity contribution < 1.29 is 9.53 Å². The van der Waals surface area contributed by atoms with Crippen LogP contribution in [0.25, 0.3) is 0 Å². The van der Waals surface area contributed by atoms with E-state index in [4.69, 9.17) is 4.74 Å². The van der Waals surface area contributed by atoms with Crippen LogP contribution in [0.2, 0.25) is 0 Å². The van der Waals surface area contributed by atoms with Crippen molar-refractivity contribution in [1.29, 1.82) is 0 Å². The SMILES string of the molecule is CCOC(C=O)P(C)C. The summed E-state index contributed by atoms with van der Waals surface area (Å²) in [7, 11) is -0.260. The zero-order valence-electron chi connectivity index (χ0n) is 6.13. The van der Waals surface area contributed by atoms with E-state index in [2.05, 4.69) is 0 Å². The van der Waals surface area contributed by atoms with E-state index in [1.165, 1.54) is 0 Å². The molecule has 0 spiro atoms. The van der Waals surface area contributed by atoms with Crippen LogP contribution in [0.1, 0.15) is 6.92 Å². The van der Waals surface area contributed by atoms with Gasteiger partial charge in [-0.05, 0) is 20.3 Å². The molecule has 0 aromatic carbocycles. The maximum Gasteiger partial charge on any atom is 0.153 e. The Hall–Kier alpha value is 0.0600. The van der Waals surface area contributed by atoms with Gasteiger partial charge in [0.15, 0.2) is 6.29 Å².